The number of carbonyl (C=O) groups excluding carboxylic acids is 1. The number of benzene rings is 2. The van der Waals surface area contributed by atoms with Crippen LogP contribution in [0.25, 0.3) is 10.8 Å². The molecule has 0 unspecified atom stereocenters. The zero-order chi connectivity index (χ0) is 15.5. The predicted octanol–water partition coefficient (Wildman–Crippen LogP) is 2.67. The molecule has 1 aliphatic heterocycles. The van der Waals surface area contributed by atoms with Crippen molar-refractivity contribution in [2.24, 2.45) is 0 Å². The molecular formula is C18H22N2O2. The number of fused-ring (bicyclic) bond motifs is 1. The molecule has 0 spiro atoms. The van der Waals surface area contributed by atoms with Gasteiger partial charge in [0.15, 0.2) is 0 Å². The number of hydrogen-bond acceptors (Lipinski definition) is 3. The number of amides is 1. The van der Waals surface area contributed by atoms with E-state index in [0.29, 0.717) is 11.3 Å². The minimum Gasteiger partial charge on any atom is -0.490 e. The van der Waals surface area contributed by atoms with Crippen LogP contribution in [0, 0.1) is 0 Å². The van der Waals surface area contributed by atoms with Gasteiger partial charge < -0.3 is 15.0 Å². The van der Waals surface area contributed by atoms with Crippen LogP contribution in [0.15, 0.2) is 36.4 Å². The molecule has 1 aliphatic rings. The molecule has 0 radical (unpaired) electrons. The molecule has 2 aromatic rings. The van der Waals surface area contributed by atoms with Crippen LogP contribution in [0.5, 0.6) is 5.75 Å². The van der Waals surface area contributed by atoms with Crippen molar-refractivity contribution in [3.8, 4) is 5.75 Å². The van der Waals surface area contributed by atoms with E-state index in [4.69, 9.17) is 4.74 Å². The molecule has 22 heavy (non-hydrogen) atoms. The monoisotopic (exact) mass is 298 g/mol. The summed E-state index contributed by atoms with van der Waals surface area (Å²) >= 11 is 0. The van der Waals surface area contributed by atoms with Crippen molar-refractivity contribution in [1.82, 2.24) is 10.2 Å². The van der Waals surface area contributed by atoms with E-state index < -0.39 is 0 Å². The lowest BCUT2D eigenvalue weighted by Crippen LogP contribution is -2.46. The number of ether oxygens (including phenoxy) is 1. The second-order valence-electron chi connectivity index (χ2n) is 5.87. The lowest BCUT2D eigenvalue weighted by Gasteiger charge is -2.28. The van der Waals surface area contributed by atoms with Gasteiger partial charge in [0.05, 0.1) is 11.7 Å². The number of piperazine rings is 1. The number of rotatable bonds is 3. The fourth-order valence-corrected chi connectivity index (χ4v) is 2.85. The van der Waals surface area contributed by atoms with Gasteiger partial charge in [0.1, 0.15) is 5.75 Å². The largest absolute Gasteiger partial charge is 0.490 e. The standard InChI is InChI=1S/C18H22N2O2/c1-13(2)22-16-8-7-14-5-3-4-6-15(14)17(16)18(21)20-11-9-19-10-12-20/h3-8,13,19H,9-12H2,1-2H3. The summed E-state index contributed by atoms with van der Waals surface area (Å²) in [4.78, 5) is 14.9. The van der Waals surface area contributed by atoms with E-state index in [2.05, 4.69) is 5.32 Å². The number of nitrogens with one attached hydrogen (secondary N) is 1. The maximum Gasteiger partial charge on any atom is 0.258 e. The Morgan fingerprint density at radius 2 is 1.86 bits per heavy atom. The lowest BCUT2D eigenvalue weighted by molar-refractivity contribution is 0.0732. The third kappa shape index (κ3) is 2.92. The van der Waals surface area contributed by atoms with Crippen LogP contribution in [-0.4, -0.2) is 43.1 Å². The third-order valence-electron chi connectivity index (χ3n) is 3.87. The van der Waals surface area contributed by atoms with Gasteiger partial charge in [-0.1, -0.05) is 30.3 Å². The summed E-state index contributed by atoms with van der Waals surface area (Å²) < 4.78 is 5.90. The van der Waals surface area contributed by atoms with E-state index in [9.17, 15) is 4.79 Å². The van der Waals surface area contributed by atoms with Crippen LogP contribution >= 0.6 is 0 Å². The highest BCUT2D eigenvalue weighted by Crippen LogP contribution is 2.30. The summed E-state index contributed by atoms with van der Waals surface area (Å²) in [6, 6.07) is 11.9. The van der Waals surface area contributed by atoms with Crippen molar-refractivity contribution in [1.29, 1.82) is 0 Å². The van der Waals surface area contributed by atoms with Gasteiger partial charge in [0.2, 0.25) is 0 Å². The molecule has 3 rings (SSSR count). The smallest absolute Gasteiger partial charge is 0.258 e. The Bertz CT molecular complexity index is 676. The van der Waals surface area contributed by atoms with Gasteiger partial charge in [-0.15, -0.1) is 0 Å². The van der Waals surface area contributed by atoms with Crippen LogP contribution in [0.2, 0.25) is 0 Å². The zero-order valence-electron chi connectivity index (χ0n) is 13.1. The van der Waals surface area contributed by atoms with Gasteiger partial charge in [-0.05, 0) is 30.7 Å². The normalized spacial score (nSPS) is 15.3. The minimum atomic E-state index is 0.0377. The second-order valence-corrected chi connectivity index (χ2v) is 5.87. The van der Waals surface area contributed by atoms with E-state index in [0.717, 1.165) is 37.0 Å². The molecule has 1 saturated heterocycles. The Morgan fingerprint density at radius 1 is 1.14 bits per heavy atom. The van der Waals surface area contributed by atoms with E-state index in [1.165, 1.54) is 0 Å². The first-order valence-electron chi connectivity index (χ1n) is 7.85. The van der Waals surface area contributed by atoms with Crippen molar-refractivity contribution in [2.45, 2.75) is 20.0 Å². The highest BCUT2D eigenvalue weighted by atomic mass is 16.5. The summed E-state index contributed by atoms with van der Waals surface area (Å²) in [5.74, 6) is 0.742. The van der Waals surface area contributed by atoms with E-state index in [1.807, 2.05) is 55.1 Å². The molecule has 1 amide bonds. The van der Waals surface area contributed by atoms with Crippen LogP contribution in [-0.2, 0) is 0 Å². The first-order valence-corrected chi connectivity index (χ1v) is 7.85. The molecule has 2 aromatic carbocycles. The Hall–Kier alpha value is -2.07. The lowest BCUT2D eigenvalue weighted by atomic mass is 10.0. The predicted molar refractivity (Wildman–Crippen MR) is 88.5 cm³/mol. The quantitative estimate of drug-likeness (QED) is 0.947. The van der Waals surface area contributed by atoms with Gasteiger partial charge >= 0.3 is 0 Å². The maximum absolute atomic E-state index is 13.0. The molecular weight excluding hydrogens is 276 g/mol. The molecule has 0 aromatic heterocycles. The highest BCUT2D eigenvalue weighted by Gasteiger charge is 2.24. The average Bonchev–Trinajstić information content (AvgIpc) is 2.54. The number of nitrogens with zero attached hydrogens (tertiary/aromatic N) is 1. The number of carbonyl (C=O) groups is 1. The van der Waals surface area contributed by atoms with Crippen LogP contribution in [0.1, 0.15) is 24.2 Å². The molecule has 0 saturated carbocycles. The molecule has 4 heteroatoms. The summed E-state index contributed by atoms with van der Waals surface area (Å²) in [5, 5.41) is 5.31. The van der Waals surface area contributed by atoms with Gasteiger partial charge in [0.25, 0.3) is 5.91 Å². The van der Waals surface area contributed by atoms with Gasteiger partial charge in [0, 0.05) is 26.2 Å². The Balaban J connectivity index is 2.08. The van der Waals surface area contributed by atoms with Crippen LogP contribution in [0.3, 0.4) is 0 Å². The van der Waals surface area contributed by atoms with E-state index >= 15 is 0 Å². The molecule has 116 valence electrons. The van der Waals surface area contributed by atoms with Crippen molar-refractivity contribution >= 4 is 16.7 Å². The second kappa shape index (κ2) is 6.36. The SMILES string of the molecule is CC(C)Oc1ccc2ccccc2c1C(=O)N1CCNCC1. The van der Waals surface area contributed by atoms with Crippen molar-refractivity contribution in [3.05, 3.63) is 42.0 Å². The van der Waals surface area contributed by atoms with Crippen molar-refractivity contribution < 1.29 is 9.53 Å². The van der Waals surface area contributed by atoms with Gasteiger partial charge in [-0.2, -0.15) is 0 Å². The number of hydrogen-bond donors (Lipinski definition) is 1. The van der Waals surface area contributed by atoms with Gasteiger partial charge in [-0.3, -0.25) is 4.79 Å². The summed E-state index contributed by atoms with van der Waals surface area (Å²) in [6.45, 7) is 7.13. The minimum absolute atomic E-state index is 0.0377. The Kier molecular flexibility index (Phi) is 4.29. The Labute approximate surface area is 131 Å². The van der Waals surface area contributed by atoms with Crippen LogP contribution < -0.4 is 10.1 Å². The first-order chi connectivity index (χ1) is 10.7. The van der Waals surface area contributed by atoms with Crippen molar-refractivity contribution in [3.63, 3.8) is 0 Å². The molecule has 4 nitrogen and oxygen atoms in total. The summed E-state index contributed by atoms with van der Waals surface area (Å²) in [5.41, 5.74) is 0.689. The zero-order valence-corrected chi connectivity index (χ0v) is 13.1. The topological polar surface area (TPSA) is 41.6 Å². The molecule has 0 atom stereocenters. The molecule has 0 bridgehead atoms. The highest BCUT2D eigenvalue weighted by molar-refractivity contribution is 6.09. The van der Waals surface area contributed by atoms with E-state index in [1.54, 1.807) is 0 Å². The Morgan fingerprint density at radius 3 is 2.59 bits per heavy atom. The van der Waals surface area contributed by atoms with Crippen LogP contribution in [0.4, 0.5) is 0 Å². The average molecular weight is 298 g/mol. The van der Waals surface area contributed by atoms with Crippen molar-refractivity contribution in [2.75, 3.05) is 26.2 Å². The maximum atomic E-state index is 13.0. The fourth-order valence-electron chi connectivity index (χ4n) is 2.85. The first kappa shape index (κ1) is 14.9. The third-order valence-corrected chi connectivity index (χ3v) is 3.87. The fraction of sp³-hybridized carbons (Fsp3) is 0.389. The molecule has 1 heterocycles. The van der Waals surface area contributed by atoms with E-state index in [-0.39, 0.29) is 12.0 Å². The molecule has 1 N–H and O–H groups in total. The van der Waals surface area contributed by atoms with Gasteiger partial charge in [-0.25, -0.2) is 0 Å². The molecule has 1 fully saturated rings. The summed E-state index contributed by atoms with van der Waals surface area (Å²) in [7, 11) is 0. The molecule has 0 aliphatic carbocycles. The summed E-state index contributed by atoms with van der Waals surface area (Å²) in [6.07, 6.45) is 0.0377.